The number of amides is 1. The van der Waals surface area contributed by atoms with Crippen LogP contribution >= 0.6 is 0 Å². The number of hydrogen-bond donors (Lipinski definition) is 1. The molecule has 0 saturated heterocycles. The van der Waals surface area contributed by atoms with E-state index < -0.39 is 26.0 Å². The third-order valence-corrected chi connectivity index (χ3v) is 6.88. The Kier molecular flexibility index (Phi) is 7.14. The van der Waals surface area contributed by atoms with Crippen molar-refractivity contribution in [3.63, 3.8) is 0 Å². The second kappa shape index (κ2) is 9.05. The number of rotatable bonds is 8. The molecule has 0 heterocycles. The maximum atomic E-state index is 12.4. The second-order valence-corrected chi connectivity index (χ2v) is 11.1. The average molecular weight is 455 g/mol. The molecule has 0 fully saturated rings. The van der Waals surface area contributed by atoms with Crippen LogP contribution in [0.4, 0.5) is 5.69 Å². The summed E-state index contributed by atoms with van der Waals surface area (Å²) >= 11 is 0. The highest BCUT2D eigenvalue weighted by molar-refractivity contribution is 7.92. The van der Waals surface area contributed by atoms with Gasteiger partial charge in [-0.25, -0.2) is 16.8 Å². The minimum absolute atomic E-state index is 0.214. The Hall–Kier alpha value is -2.59. The third kappa shape index (κ3) is 6.20. The van der Waals surface area contributed by atoms with Gasteiger partial charge in [-0.05, 0) is 55.8 Å². The standard InChI is InChI=1S/C20H26N2O6S2/c1-14(16-6-12-19(13-7-16)29(4,24)25)21-20(23)15(2)28-18-10-8-17(9-11-18)22(3)30(5,26)27/h6-15H,1-5H3,(H,21,23). The van der Waals surface area contributed by atoms with Crippen LogP contribution in [0, 0.1) is 0 Å². The maximum Gasteiger partial charge on any atom is 0.261 e. The molecule has 2 rings (SSSR count). The third-order valence-electron chi connectivity index (χ3n) is 4.55. The predicted molar refractivity (Wildman–Crippen MR) is 116 cm³/mol. The minimum Gasteiger partial charge on any atom is -0.481 e. The Labute approximate surface area is 177 Å². The van der Waals surface area contributed by atoms with Crippen LogP contribution in [0.5, 0.6) is 5.75 Å². The van der Waals surface area contributed by atoms with Gasteiger partial charge in [0, 0.05) is 13.3 Å². The number of nitrogens with one attached hydrogen (secondary N) is 1. The molecule has 2 atom stereocenters. The molecule has 0 aromatic heterocycles. The molecule has 10 heteroatoms. The number of nitrogens with zero attached hydrogens (tertiary/aromatic N) is 1. The molecule has 0 radical (unpaired) electrons. The Morgan fingerprint density at radius 1 is 0.933 bits per heavy atom. The minimum atomic E-state index is -3.36. The van der Waals surface area contributed by atoms with E-state index in [0.717, 1.165) is 22.4 Å². The summed E-state index contributed by atoms with van der Waals surface area (Å²) in [6.45, 7) is 3.39. The highest BCUT2D eigenvalue weighted by Gasteiger charge is 2.19. The number of benzene rings is 2. The molecule has 0 spiro atoms. The maximum absolute atomic E-state index is 12.4. The van der Waals surface area contributed by atoms with Gasteiger partial charge in [0.15, 0.2) is 15.9 Å². The van der Waals surface area contributed by atoms with Crippen molar-refractivity contribution in [2.24, 2.45) is 0 Å². The Bertz CT molecular complexity index is 1090. The summed E-state index contributed by atoms with van der Waals surface area (Å²) < 4.78 is 53.0. The van der Waals surface area contributed by atoms with Crippen molar-refractivity contribution in [1.82, 2.24) is 5.32 Å². The number of carbonyl (C=O) groups is 1. The zero-order valence-electron chi connectivity index (χ0n) is 17.5. The molecule has 1 N–H and O–H groups in total. The number of sulfonamides is 1. The SMILES string of the molecule is CC(Oc1ccc(N(C)S(C)(=O)=O)cc1)C(=O)NC(C)c1ccc(S(C)(=O)=O)cc1. The van der Waals surface area contributed by atoms with Gasteiger partial charge in [-0.3, -0.25) is 9.10 Å². The summed E-state index contributed by atoms with van der Waals surface area (Å²) in [5, 5.41) is 2.82. The van der Waals surface area contributed by atoms with E-state index in [1.807, 2.05) is 0 Å². The summed E-state index contributed by atoms with van der Waals surface area (Å²) in [6.07, 6.45) is 1.46. The van der Waals surface area contributed by atoms with Crippen LogP contribution in [0.2, 0.25) is 0 Å². The molecule has 30 heavy (non-hydrogen) atoms. The lowest BCUT2D eigenvalue weighted by Gasteiger charge is -2.20. The van der Waals surface area contributed by atoms with E-state index in [1.165, 1.54) is 19.2 Å². The number of carbonyl (C=O) groups excluding carboxylic acids is 1. The van der Waals surface area contributed by atoms with E-state index in [9.17, 15) is 21.6 Å². The molecule has 0 aliphatic heterocycles. The van der Waals surface area contributed by atoms with Crippen LogP contribution in [0.3, 0.4) is 0 Å². The number of ether oxygens (including phenoxy) is 1. The lowest BCUT2D eigenvalue weighted by atomic mass is 10.1. The Morgan fingerprint density at radius 3 is 1.93 bits per heavy atom. The fraction of sp³-hybridized carbons (Fsp3) is 0.350. The average Bonchev–Trinajstić information content (AvgIpc) is 2.66. The normalized spacial score (nSPS) is 13.9. The van der Waals surface area contributed by atoms with Crippen molar-refractivity contribution in [3.8, 4) is 5.75 Å². The van der Waals surface area contributed by atoms with E-state index in [2.05, 4.69) is 5.32 Å². The van der Waals surface area contributed by atoms with Gasteiger partial charge < -0.3 is 10.1 Å². The summed E-state index contributed by atoms with van der Waals surface area (Å²) in [6, 6.07) is 12.3. The van der Waals surface area contributed by atoms with Crippen LogP contribution in [-0.4, -0.2) is 48.4 Å². The van der Waals surface area contributed by atoms with E-state index >= 15 is 0 Å². The van der Waals surface area contributed by atoms with Gasteiger partial charge in [0.05, 0.1) is 22.9 Å². The molecular formula is C20H26N2O6S2. The van der Waals surface area contributed by atoms with Crippen LogP contribution in [0.1, 0.15) is 25.5 Å². The molecule has 2 aromatic rings. The summed E-state index contributed by atoms with van der Waals surface area (Å²) in [4.78, 5) is 12.7. The molecule has 1 amide bonds. The van der Waals surface area contributed by atoms with Gasteiger partial charge in [0.1, 0.15) is 5.75 Å². The van der Waals surface area contributed by atoms with Crippen molar-refractivity contribution in [2.45, 2.75) is 30.9 Å². The van der Waals surface area contributed by atoms with E-state index in [0.29, 0.717) is 11.4 Å². The molecule has 164 valence electrons. The van der Waals surface area contributed by atoms with Crippen molar-refractivity contribution in [3.05, 3.63) is 54.1 Å². The van der Waals surface area contributed by atoms with Crippen LogP contribution in [0.25, 0.3) is 0 Å². The van der Waals surface area contributed by atoms with Crippen LogP contribution < -0.4 is 14.4 Å². The first-order chi connectivity index (χ1) is 13.8. The molecule has 0 bridgehead atoms. The van der Waals surface area contributed by atoms with E-state index in [4.69, 9.17) is 4.74 Å². The largest absolute Gasteiger partial charge is 0.481 e. The van der Waals surface area contributed by atoms with Crippen LogP contribution in [-0.2, 0) is 24.7 Å². The predicted octanol–water partition coefficient (Wildman–Crippen LogP) is 2.13. The smallest absolute Gasteiger partial charge is 0.261 e. The fourth-order valence-corrected chi connectivity index (χ4v) is 3.74. The first-order valence-electron chi connectivity index (χ1n) is 9.10. The molecule has 2 unspecified atom stereocenters. The molecule has 8 nitrogen and oxygen atoms in total. The summed E-state index contributed by atoms with van der Waals surface area (Å²) in [5.74, 6) is 0.0838. The van der Waals surface area contributed by atoms with E-state index in [-0.39, 0.29) is 16.8 Å². The molecule has 2 aromatic carbocycles. The zero-order valence-corrected chi connectivity index (χ0v) is 19.1. The Balaban J connectivity index is 1.99. The molecular weight excluding hydrogens is 428 g/mol. The highest BCUT2D eigenvalue weighted by Crippen LogP contribution is 2.21. The quantitative estimate of drug-likeness (QED) is 0.654. The van der Waals surface area contributed by atoms with E-state index in [1.54, 1.807) is 50.2 Å². The van der Waals surface area contributed by atoms with Gasteiger partial charge in [-0.1, -0.05) is 12.1 Å². The van der Waals surface area contributed by atoms with Gasteiger partial charge in [-0.2, -0.15) is 0 Å². The molecule has 0 saturated carbocycles. The fourth-order valence-electron chi connectivity index (χ4n) is 2.60. The monoisotopic (exact) mass is 454 g/mol. The zero-order chi connectivity index (χ0) is 22.7. The number of hydrogen-bond acceptors (Lipinski definition) is 6. The number of sulfone groups is 1. The first kappa shape index (κ1) is 23.7. The van der Waals surface area contributed by atoms with Crippen molar-refractivity contribution >= 4 is 31.5 Å². The van der Waals surface area contributed by atoms with Crippen molar-refractivity contribution in [1.29, 1.82) is 0 Å². The lowest BCUT2D eigenvalue weighted by Crippen LogP contribution is -2.37. The van der Waals surface area contributed by atoms with Gasteiger partial charge in [-0.15, -0.1) is 0 Å². The lowest BCUT2D eigenvalue weighted by molar-refractivity contribution is -0.127. The van der Waals surface area contributed by atoms with Crippen molar-refractivity contribution < 1.29 is 26.4 Å². The number of anilines is 1. The second-order valence-electron chi connectivity index (χ2n) is 7.06. The van der Waals surface area contributed by atoms with Gasteiger partial charge >= 0.3 is 0 Å². The summed E-state index contributed by atoms with van der Waals surface area (Å²) in [5.41, 5.74) is 1.24. The van der Waals surface area contributed by atoms with Gasteiger partial charge in [0.25, 0.3) is 5.91 Å². The molecule has 0 aliphatic carbocycles. The topological polar surface area (TPSA) is 110 Å². The first-order valence-corrected chi connectivity index (χ1v) is 12.8. The van der Waals surface area contributed by atoms with Crippen molar-refractivity contribution in [2.75, 3.05) is 23.9 Å². The molecule has 0 aliphatic rings. The summed E-state index contributed by atoms with van der Waals surface area (Å²) in [7, 11) is -5.19. The highest BCUT2D eigenvalue weighted by atomic mass is 32.2. The van der Waals surface area contributed by atoms with Crippen LogP contribution in [0.15, 0.2) is 53.4 Å². The van der Waals surface area contributed by atoms with Gasteiger partial charge in [0.2, 0.25) is 10.0 Å². The Morgan fingerprint density at radius 2 is 1.47 bits per heavy atom.